The number of hydrazone groups is 1. The summed E-state index contributed by atoms with van der Waals surface area (Å²) in [7, 11) is 1.41. The summed E-state index contributed by atoms with van der Waals surface area (Å²) in [4.78, 5) is 35.3. The Balaban J connectivity index is 2.11. The molecule has 1 atom stereocenters. The summed E-state index contributed by atoms with van der Waals surface area (Å²) in [6, 6.07) is 11.5. The highest BCUT2D eigenvalue weighted by Crippen LogP contribution is 2.36. The number of benzene rings is 2. The summed E-state index contributed by atoms with van der Waals surface area (Å²) in [6.07, 6.45) is 0.912. The second-order valence-electron chi connectivity index (χ2n) is 6.56. The van der Waals surface area contributed by atoms with Crippen molar-refractivity contribution in [1.82, 2.24) is 10.7 Å². The van der Waals surface area contributed by atoms with Crippen LogP contribution in [0.1, 0.15) is 18.1 Å². The Hall–Kier alpha value is -3.60. The van der Waals surface area contributed by atoms with E-state index in [2.05, 4.69) is 31.8 Å². The summed E-state index contributed by atoms with van der Waals surface area (Å²) in [5.74, 6) is -1.15. The largest absolute Gasteiger partial charge is 0.493 e. The van der Waals surface area contributed by atoms with Crippen LogP contribution in [0.5, 0.6) is 11.5 Å². The van der Waals surface area contributed by atoms with Crippen LogP contribution in [0.2, 0.25) is 0 Å². The van der Waals surface area contributed by atoms with E-state index in [1.165, 1.54) is 13.3 Å². The molecule has 0 radical (unpaired) electrons. The molecule has 0 saturated carbocycles. The topological polar surface area (TPSA) is 136 Å². The van der Waals surface area contributed by atoms with E-state index in [9.17, 15) is 14.4 Å². The van der Waals surface area contributed by atoms with Crippen LogP contribution in [0.4, 0.5) is 4.79 Å². The molecule has 33 heavy (non-hydrogen) atoms. The SMILES string of the molecule is CCOC(=O)N[C@@H](Cc1ccccc1)C(=O)N/N=C\c1cc(Br)c(OCC(=O)O)c(OC)c1. The maximum atomic E-state index is 12.7. The van der Waals surface area contributed by atoms with Crippen LogP contribution in [-0.4, -0.2) is 55.7 Å². The van der Waals surface area contributed by atoms with Gasteiger partial charge in [-0.2, -0.15) is 5.10 Å². The summed E-state index contributed by atoms with van der Waals surface area (Å²) in [6.45, 7) is 1.31. The number of ether oxygens (including phenoxy) is 3. The van der Waals surface area contributed by atoms with E-state index >= 15 is 0 Å². The minimum absolute atomic E-state index is 0.173. The number of carbonyl (C=O) groups is 3. The first-order valence-electron chi connectivity index (χ1n) is 9.86. The number of nitrogens with zero attached hydrogens (tertiary/aromatic N) is 1. The number of carboxylic acid groups (broad SMARTS) is 1. The number of hydrogen-bond acceptors (Lipinski definition) is 7. The van der Waals surface area contributed by atoms with Gasteiger partial charge in [0.1, 0.15) is 6.04 Å². The lowest BCUT2D eigenvalue weighted by Crippen LogP contribution is -2.47. The molecule has 176 valence electrons. The lowest BCUT2D eigenvalue weighted by atomic mass is 10.1. The third kappa shape index (κ3) is 8.45. The fraction of sp³-hybridized carbons (Fsp3) is 0.273. The monoisotopic (exact) mass is 521 g/mol. The summed E-state index contributed by atoms with van der Waals surface area (Å²) < 4.78 is 15.8. The van der Waals surface area contributed by atoms with Crippen molar-refractivity contribution in [2.24, 2.45) is 5.10 Å². The third-order valence-electron chi connectivity index (χ3n) is 4.15. The van der Waals surface area contributed by atoms with E-state index in [0.717, 1.165) is 5.56 Å². The molecule has 0 aliphatic carbocycles. The maximum Gasteiger partial charge on any atom is 0.407 e. The molecule has 0 spiro atoms. The number of methoxy groups -OCH3 is 1. The molecule has 11 heteroatoms. The minimum Gasteiger partial charge on any atom is -0.493 e. The van der Waals surface area contributed by atoms with Gasteiger partial charge in [-0.15, -0.1) is 0 Å². The van der Waals surface area contributed by atoms with Crippen molar-refractivity contribution in [2.75, 3.05) is 20.3 Å². The first kappa shape index (κ1) is 25.7. The number of alkyl carbamates (subject to hydrolysis) is 1. The first-order valence-corrected chi connectivity index (χ1v) is 10.7. The van der Waals surface area contributed by atoms with Gasteiger partial charge < -0.3 is 24.6 Å². The van der Waals surface area contributed by atoms with Crippen molar-refractivity contribution in [3.05, 3.63) is 58.1 Å². The van der Waals surface area contributed by atoms with Gasteiger partial charge in [-0.25, -0.2) is 15.0 Å². The number of amides is 2. The van der Waals surface area contributed by atoms with Gasteiger partial charge in [-0.3, -0.25) is 4.79 Å². The van der Waals surface area contributed by atoms with Crippen LogP contribution in [0, 0.1) is 0 Å². The summed E-state index contributed by atoms with van der Waals surface area (Å²) in [5.41, 5.74) is 3.80. The number of aliphatic carboxylic acids is 1. The molecule has 2 aromatic rings. The van der Waals surface area contributed by atoms with Crippen molar-refractivity contribution in [1.29, 1.82) is 0 Å². The average Bonchev–Trinajstić information content (AvgIpc) is 2.78. The number of nitrogens with one attached hydrogen (secondary N) is 2. The number of halogens is 1. The normalized spacial score (nSPS) is 11.5. The zero-order valence-electron chi connectivity index (χ0n) is 18.0. The van der Waals surface area contributed by atoms with E-state index in [-0.39, 0.29) is 24.5 Å². The number of carbonyl (C=O) groups excluding carboxylic acids is 2. The van der Waals surface area contributed by atoms with E-state index in [0.29, 0.717) is 10.0 Å². The molecule has 2 aromatic carbocycles. The van der Waals surface area contributed by atoms with Crippen molar-refractivity contribution in [3.63, 3.8) is 0 Å². The first-order chi connectivity index (χ1) is 15.8. The second kappa shape index (κ2) is 13.1. The molecule has 0 aliphatic heterocycles. The number of hydrogen-bond donors (Lipinski definition) is 3. The maximum absolute atomic E-state index is 12.7. The Bertz CT molecular complexity index is 999. The Morgan fingerprint density at radius 3 is 2.58 bits per heavy atom. The molecule has 2 amide bonds. The molecule has 3 N–H and O–H groups in total. The van der Waals surface area contributed by atoms with Crippen LogP contribution < -0.4 is 20.2 Å². The molecule has 2 rings (SSSR count). The smallest absolute Gasteiger partial charge is 0.407 e. The lowest BCUT2D eigenvalue weighted by molar-refractivity contribution is -0.139. The zero-order valence-corrected chi connectivity index (χ0v) is 19.6. The second-order valence-corrected chi connectivity index (χ2v) is 7.41. The highest BCUT2D eigenvalue weighted by atomic mass is 79.9. The fourth-order valence-corrected chi connectivity index (χ4v) is 3.28. The number of carboxylic acids is 1. The molecule has 0 saturated heterocycles. The highest BCUT2D eigenvalue weighted by Gasteiger charge is 2.21. The molecular weight excluding hydrogens is 498 g/mol. The van der Waals surface area contributed by atoms with E-state index in [1.54, 1.807) is 19.1 Å². The van der Waals surface area contributed by atoms with Gasteiger partial charge in [0.2, 0.25) is 0 Å². The predicted molar refractivity (Wildman–Crippen MR) is 124 cm³/mol. The highest BCUT2D eigenvalue weighted by molar-refractivity contribution is 9.10. The van der Waals surface area contributed by atoms with Crippen molar-refractivity contribution in [3.8, 4) is 11.5 Å². The molecular formula is C22H24BrN3O7. The molecule has 0 aliphatic rings. The fourth-order valence-electron chi connectivity index (χ4n) is 2.71. The molecule has 10 nitrogen and oxygen atoms in total. The molecule has 0 aromatic heterocycles. The van der Waals surface area contributed by atoms with Gasteiger partial charge in [-0.05, 0) is 46.1 Å². The minimum atomic E-state index is -1.13. The van der Waals surface area contributed by atoms with Crippen LogP contribution in [-0.2, 0) is 20.7 Å². The van der Waals surface area contributed by atoms with Crippen LogP contribution in [0.25, 0.3) is 0 Å². The van der Waals surface area contributed by atoms with Crippen LogP contribution in [0.3, 0.4) is 0 Å². The van der Waals surface area contributed by atoms with Crippen LogP contribution >= 0.6 is 15.9 Å². The third-order valence-corrected chi connectivity index (χ3v) is 4.74. The van der Waals surface area contributed by atoms with Crippen molar-refractivity contribution in [2.45, 2.75) is 19.4 Å². The van der Waals surface area contributed by atoms with E-state index in [4.69, 9.17) is 19.3 Å². The van der Waals surface area contributed by atoms with Gasteiger partial charge in [0.15, 0.2) is 18.1 Å². The average molecular weight is 522 g/mol. The van der Waals surface area contributed by atoms with Gasteiger partial charge in [-0.1, -0.05) is 30.3 Å². The van der Waals surface area contributed by atoms with Crippen molar-refractivity contribution >= 4 is 40.1 Å². The Morgan fingerprint density at radius 1 is 1.21 bits per heavy atom. The van der Waals surface area contributed by atoms with Crippen molar-refractivity contribution < 1.29 is 33.7 Å². The molecule has 0 heterocycles. The van der Waals surface area contributed by atoms with Gasteiger partial charge >= 0.3 is 12.1 Å². The van der Waals surface area contributed by atoms with Gasteiger partial charge in [0.05, 0.1) is 24.4 Å². The standard InChI is InChI=1S/C22H24BrN3O7/c1-3-32-22(30)25-17(10-14-7-5-4-6-8-14)21(29)26-24-12-15-9-16(23)20(18(11-15)31-2)33-13-19(27)28/h4-9,11-12,17H,3,10,13H2,1-2H3,(H,25,30)(H,26,29)(H,27,28)/b24-12-/t17-/m0/s1. The quantitative estimate of drug-likeness (QED) is 0.305. The van der Waals surface area contributed by atoms with Crippen LogP contribution in [0.15, 0.2) is 52.0 Å². The molecule has 0 fully saturated rings. The molecule has 0 bridgehead atoms. The Kier molecular flexibility index (Phi) is 10.2. The number of rotatable bonds is 11. The Morgan fingerprint density at radius 2 is 1.94 bits per heavy atom. The van der Waals surface area contributed by atoms with Gasteiger partial charge in [0.25, 0.3) is 5.91 Å². The van der Waals surface area contributed by atoms with Gasteiger partial charge in [0, 0.05) is 6.42 Å². The van der Waals surface area contributed by atoms with E-state index in [1.807, 2.05) is 30.3 Å². The predicted octanol–water partition coefficient (Wildman–Crippen LogP) is 2.73. The Labute approximate surface area is 199 Å². The lowest BCUT2D eigenvalue weighted by Gasteiger charge is -2.17. The molecule has 0 unspecified atom stereocenters. The zero-order chi connectivity index (χ0) is 24.2. The summed E-state index contributed by atoms with van der Waals surface area (Å²) in [5, 5.41) is 15.3. The summed E-state index contributed by atoms with van der Waals surface area (Å²) >= 11 is 3.30. The van der Waals surface area contributed by atoms with E-state index < -0.39 is 30.6 Å².